The molecule has 160 valence electrons. The molecule has 0 aromatic rings. The van der Waals surface area contributed by atoms with E-state index in [9.17, 15) is 26.3 Å². The highest BCUT2D eigenvalue weighted by molar-refractivity contribution is 4.93. The van der Waals surface area contributed by atoms with Crippen molar-refractivity contribution in [1.82, 2.24) is 0 Å². The quantitative estimate of drug-likeness (QED) is 0.454. The van der Waals surface area contributed by atoms with Crippen LogP contribution < -0.4 is 0 Å². The van der Waals surface area contributed by atoms with E-state index in [1.807, 2.05) is 13.8 Å². The van der Waals surface area contributed by atoms with E-state index in [0.29, 0.717) is 25.9 Å². The number of hydrogen-bond donors (Lipinski definition) is 0. The molecule has 2 fully saturated rings. The maximum atomic E-state index is 13.3. The van der Waals surface area contributed by atoms with E-state index in [0.717, 1.165) is 0 Å². The summed E-state index contributed by atoms with van der Waals surface area (Å²) in [5.41, 5.74) is -3.65. The third-order valence-corrected chi connectivity index (χ3v) is 7.38. The number of alkyl halides is 6. The third kappa shape index (κ3) is 4.94. The van der Waals surface area contributed by atoms with Gasteiger partial charge in [-0.15, -0.1) is 0 Å². The largest absolute Gasteiger partial charge is 0.394 e. The van der Waals surface area contributed by atoms with Gasteiger partial charge >= 0.3 is 12.4 Å². The molecule has 0 heterocycles. The van der Waals surface area contributed by atoms with Crippen LogP contribution in [0.1, 0.15) is 72.6 Å². The highest BCUT2D eigenvalue weighted by Gasteiger charge is 2.55. The summed E-state index contributed by atoms with van der Waals surface area (Å²) < 4.78 is 85.3. The van der Waals surface area contributed by atoms with Gasteiger partial charge in [-0.1, -0.05) is 27.7 Å². The van der Waals surface area contributed by atoms with E-state index in [2.05, 4.69) is 0 Å². The van der Waals surface area contributed by atoms with Gasteiger partial charge in [-0.05, 0) is 62.2 Å². The predicted molar refractivity (Wildman–Crippen MR) is 92.2 cm³/mol. The van der Waals surface area contributed by atoms with Gasteiger partial charge in [0.2, 0.25) is 0 Å². The van der Waals surface area contributed by atoms with Crippen molar-refractivity contribution in [2.24, 2.45) is 28.1 Å². The molecular formula is C20H32F6O. The van der Waals surface area contributed by atoms with Crippen molar-refractivity contribution in [2.45, 2.75) is 85.0 Å². The minimum Gasteiger partial charge on any atom is -0.381 e. The summed E-state index contributed by atoms with van der Waals surface area (Å²) in [5, 5.41) is 0. The number of ether oxygens (including phenoxy) is 1. The zero-order valence-corrected chi connectivity index (χ0v) is 16.7. The molecule has 0 radical (unpaired) electrons. The van der Waals surface area contributed by atoms with E-state index in [1.165, 1.54) is 13.8 Å². The summed E-state index contributed by atoms with van der Waals surface area (Å²) in [6.07, 6.45) is -6.72. The van der Waals surface area contributed by atoms with Crippen molar-refractivity contribution in [1.29, 1.82) is 0 Å². The monoisotopic (exact) mass is 402 g/mol. The summed E-state index contributed by atoms with van der Waals surface area (Å²) in [5.74, 6) is -0.00823. The van der Waals surface area contributed by atoms with E-state index < -0.39 is 23.2 Å². The molecular weight excluding hydrogens is 370 g/mol. The Hall–Kier alpha value is -0.460. The van der Waals surface area contributed by atoms with Crippen LogP contribution in [0.5, 0.6) is 0 Å². The molecule has 0 spiro atoms. The van der Waals surface area contributed by atoms with Crippen molar-refractivity contribution in [2.75, 3.05) is 13.2 Å². The van der Waals surface area contributed by atoms with Crippen molar-refractivity contribution in [3.63, 3.8) is 0 Å². The van der Waals surface area contributed by atoms with E-state index >= 15 is 0 Å². The Labute approximate surface area is 158 Å². The first kappa shape index (κ1) is 22.8. The maximum absolute atomic E-state index is 13.3. The van der Waals surface area contributed by atoms with Crippen molar-refractivity contribution in [3.05, 3.63) is 0 Å². The second-order valence-electron chi connectivity index (χ2n) is 9.92. The van der Waals surface area contributed by atoms with Crippen LogP contribution in [-0.4, -0.2) is 25.6 Å². The van der Waals surface area contributed by atoms with Crippen LogP contribution in [0.4, 0.5) is 26.3 Å². The van der Waals surface area contributed by atoms with Crippen LogP contribution in [0.3, 0.4) is 0 Å². The lowest BCUT2D eigenvalue weighted by molar-refractivity contribution is -0.239. The third-order valence-electron chi connectivity index (χ3n) is 7.38. The summed E-state index contributed by atoms with van der Waals surface area (Å²) in [4.78, 5) is 0. The van der Waals surface area contributed by atoms with Crippen LogP contribution in [-0.2, 0) is 4.74 Å². The molecule has 3 atom stereocenters. The van der Waals surface area contributed by atoms with Gasteiger partial charge in [-0.2, -0.15) is 26.3 Å². The molecule has 0 aromatic carbocycles. The first-order valence-corrected chi connectivity index (χ1v) is 9.82. The molecule has 0 saturated heterocycles. The zero-order valence-electron chi connectivity index (χ0n) is 16.7. The average Bonchev–Trinajstić information content (AvgIpc) is 2.52. The van der Waals surface area contributed by atoms with Gasteiger partial charge in [0.1, 0.15) is 0 Å². The van der Waals surface area contributed by atoms with Gasteiger partial charge in [0.05, 0.1) is 17.4 Å². The topological polar surface area (TPSA) is 9.23 Å². The molecule has 1 unspecified atom stereocenters. The van der Waals surface area contributed by atoms with Crippen molar-refractivity contribution >= 4 is 0 Å². The Bertz CT molecular complexity index is 504. The Morgan fingerprint density at radius 3 is 1.81 bits per heavy atom. The summed E-state index contributed by atoms with van der Waals surface area (Å²) in [6.45, 7) is 7.00. The number of halogens is 6. The fourth-order valence-corrected chi connectivity index (χ4v) is 4.43. The molecule has 2 aliphatic carbocycles. The maximum Gasteiger partial charge on any atom is 0.394 e. The first-order valence-electron chi connectivity index (χ1n) is 9.82. The Morgan fingerprint density at radius 2 is 1.33 bits per heavy atom. The summed E-state index contributed by atoms with van der Waals surface area (Å²) in [6, 6.07) is 0. The number of rotatable bonds is 4. The molecule has 2 aliphatic rings. The Balaban J connectivity index is 1.87. The molecule has 0 aliphatic heterocycles. The first-order chi connectivity index (χ1) is 12.1. The molecule has 0 aromatic heterocycles. The molecule has 27 heavy (non-hydrogen) atoms. The van der Waals surface area contributed by atoms with E-state index in [4.69, 9.17) is 4.74 Å². The highest BCUT2D eigenvalue weighted by Crippen LogP contribution is 2.54. The van der Waals surface area contributed by atoms with Gasteiger partial charge in [-0.3, -0.25) is 0 Å². The summed E-state index contributed by atoms with van der Waals surface area (Å²) >= 11 is 0. The second-order valence-corrected chi connectivity index (χ2v) is 9.92. The van der Waals surface area contributed by atoms with Gasteiger partial charge in [0, 0.05) is 6.61 Å². The van der Waals surface area contributed by atoms with Crippen molar-refractivity contribution < 1.29 is 31.1 Å². The van der Waals surface area contributed by atoms with Crippen LogP contribution in [0.2, 0.25) is 0 Å². The Morgan fingerprint density at radius 1 is 0.815 bits per heavy atom. The normalized spacial score (nSPS) is 41.6. The minimum atomic E-state index is -4.22. The van der Waals surface area contributed by atoms with Crippen LogP contribution >= 0.6 is 0 Å². The van der Waals surface area contributed by atoms with Gasteiger partial charge < -0.3 is 4.74 Å². The molecule has 7 heteroatoms. The smallest absolute Gasteiger partial charge is 0.381 e. The van der Waals surface area contributed by atoms with Crippen LogP contribution in [0, 0.1) is 28.1 Å². The standard InChI is InChI=1S/C20H32F6O/c1-14-5-6-18(4,20(24,25)26)11-15(14)12-27-13-16(2)7-9-17(3,10-8-16)19(21,22)23/h14-15H,5-13H2,1-4H3/t14-,15?,16?,17?,18-/m0/s1. The van der Waals surface area contributed by atoms with Crippen LogP contribution in [0.25, 0.3) is 0 Å². The van der Waals surface area contributed by atoms with Crippen LogP contribution in [0.15, 0.2) is 0 Å². The predicted octanol–water partition coefficient (Wildman–Crippen LogP) is 7.16. The second kappa shape index (κ2) is 7.42. The molecule has 2 rings (SSSR count). The molecule has 0 bridgehead atoms. The minimum absolute atomic E-state index is 0.0561. The lowest BCUT2D eigenvalue weighted by atomic mass is 9.65. The molecule has 1 nitrogen and oxygen atoms in total. The van der Waals surface area contributed by atoms with E-state index in [-0.39, 0.29) is 49.5 Å². The van der Waals surface area contributed by atoms with Gasteiger partial charge in [0.25, 0.3) is 0 Å². The van der Waals surface area contributed by atoms with Crippen molar-refractivity contribution in [3.8, 4) is 0 Å². The lowest BCUT2D eigenvalue weighted by Gasteiger charge is -2.45. The van der Waals surface area contributed by atoms with Gasteiger partial charge in [-0.25, -0.2) is 0 Å². The fourth-order valence-electron chi connectivity index (χ4n) is 4.43. The SMILES string of the molecule is C[C@H]1CC[C@](C)(C(F)(F)F)CC1COCC1(C)CCC(C)(C(F)(F)F)CC1. The average molecular weight is 402 g/mol. The zero-order chi connectivity index (χ0) is 20.7. The lowest BCUT2D eigenvalue weighted by Crippen LogP contribution is -2.44. The molecule has 0 amide bonds. The van der Waals surface area contributed by atoms with E-state index in [1.54, 1.807) is 0 Å². The Kier molecular flexibility index (Phi) is 6.27. The van der Waals surface area contributed by atoms with Gasteiger partial charge in [0.15, 0.2) is 0 Å². The number of hydrogen-bond acceptors (Lipinski definition) is 1. The summed E-state index contributed by atoms with van der Waals surface area (Å²) in [7, 11) is 0. The molecule has 0 N–H and O–H groups in total. The molecule has 2 saturated carbocycles. The highest BCUT2D eigenvalue weighted by atomic mass is 19.4. The fraction of sp³-hybridized carbons (Fsp3) is 1.00.